The molecule has 20 heavy (non-hydrogen) atoms. The van der Waals surface area contributed by atoms with E-state index in [4.69, 9.17) is 11.6 Å². The molecule has 0 aliphatic heterocycles. The van der Waals surface area contributed by atoms with Gasteiger partial charge in [-0.05, 0) is 18.6 Å². The summed E-state index contributed by atoms with van der Waals surface area (Å²) in [6.45, 7) is 5.57. The van der Waals surface area contributed by atoms with Crippen molar-refractivity contribution in [3.63, 3.8) is 0 Å². The van der Waals surface area contributed by atoms with Gasteiger partial charge in [-0.15, -0.1) is 0 Å². The molecule has 4 nitrogen and oxygen atoms in total. The minimum absolute atomic E-state index is 0.644. The van der Waals surface area contributed by atoms with Crippen molar-refractivity contribution in [3.8, 4) is 0 Å². The van der Waals surface area contributed by atoms with Gasteiger partial charge in [-0.1, -0.05) is 36.7 Å². The molecular formula is C15H19ClN4. The molecular weight excluding hydrogens is 272 g/mol. The third-order valence-electron chi connectivity index (χ3n) is 2.86. The van der Waals surface area contributed by atoms with Crippen molar-refractivity contribution < 1.29 is 0 Å². The standard InChI is InChI=1S/C15H19ClN4/c1-3-13-19-14(17-4-2)9-15(20-13)18-10-11-7-5-6-8-12(11)16/h5-9H,3-4,10H2,1-2H3,(H2,17,18,19,20). The number of benzene rings is 1. The quantitative estimate of drug-likeness (QED) is 0.851. The fourth-order valence-corrected chi connectivity index (χ4v) is 2.05. The van der Waals surface area contributed by atoms with Gasteiger partial charge in [0.2, 0.25) is 0 Å². The van der Waals surface area contributed by atoms with E-state index in [1.165, 1.54) is 0 Å². The van der Waals surface area contributed by atoms with Gasteiger partial charge < -0.3 is 10.6 Å². The second kappa shape index (κ2) is 7.10. The summed E-state index contributed by atoms with van der Waals surface area (Å²) in [5.41, 5.74) is 1.05. The predicted molar refractivity (Wildman–Crippen MR) is 84.4 cm³/mol. The first-order valence-corrected chi connectivity index (χ1v) is 7.19. The zero-order chi connectivity index (χ0) is 14.4. The number of rotatable bonds is 6. The highest BCUT2D eigenvalue weighted by Crippen LogP contribution is 2.17. The molecule has 0 atom stereocenters. The minimum atomic E-state index is 0.644. The van der Waals surface area contributed by atoms with E-state index in [0.717, 1.165) is 41.0 Å². The second-order valence-electron chi connectivity index (χ2n) is 4.38. The molecule has 0 aliphatic carbocycles. The van der Waals surface area contributed by atoms with E-state index in [1.807, 2.05) is 44.2 Å². The van der Waals surface area contributed by atoms with E-state index >= 15 is 0 Å². The summed E-state index contributed by atoms with van der Waals surface area (Å²) >= 11 is 6.14. The maximum absolute atomic E-state index is 6.14. The topological polar surface area (TPSA) is 49.8 Å². The lowest BCUT2D eigenvalue weighted by molar-refractivity contribution is 0.929. The molecule has 0 saturated carbocycles. The van der Waals surface area contributed by atoms with E-state index in [1.54, 1.807) is 0 Å². The molecule has 1 heterocycles. The Morgan fingerprint density at radius 3 is 2.40 bits per heavy atom. The summed E-state index contributed by atoms with van der Waals surface area (Å²) in [6, 6.07) is 9.71. The lowest BCUT2D eigenvalue weighted by Crippen LogP contribution is -2.08. The van der Waals surface area contributed by atoms with Gasteiger partial charge in [0.15, 0.2) is 0 Å². The highest BCUT2D eigenvalue weighted by atomic mass is 35.5. The lowest BCUT2D eigenvalue weighted by atomic mass is 10.2. The summed E-state index contributed by atoms with van der Waals surface area (Å²) in [7, 11) is 0. The largest absolute Gasteiger partial charge is 0.370 e. The molecule has 0 saturated heterocycles. The van der Waals surface area contributed by atoms with Crippen molar-refractivity contribution in [1.29, 1.82) is 0 Å². The number of aryl methyl sites for hydroxylation is 1. The molecule has 2 aromatic rings. The number of hydrogen-bond acceptors (Lipinski definition) is 4. The maximum Gasteiger partial charge on any atom is 0.132 e. The first kappa shape index (κ1) is 14.6. The van der Waals surface area contributed by atoms with Gasteiger partial charge in [0.05, 0.1) is 0 Å². The molecule has 0 bridgehead atoms. The molecule has 0 unspecified atom stereocenters. The molecule has 0 radical (unpaired) electrons. The van der Waals surface area contributed by atoms with Crippen LogP contribution in [0.25, 0.3) is 0 Å². The monoisotopic (exact) mass is 290 g/mol. The third kappa shape index (κ3) is 3.84. The average Bonchev–Trinajstić information content (AvgIpc) is 2.46. The van der Waals surface area contributed by atoms with Crippen LogP contribution < -0.4 is 10.6 Å². The van der Waals surface area contributed by atoms with Crippen LogP contribution in [0.1, 0.15) is 25.2 Å². The van der Waals surface area contributed by atoms with Gasteiger partial charge in [-0.25, -0.2) is 9.97 Å². The molecule has 0 aliphatic rings. The number of aromatic nitrogens is 2. The number of anilines is 2. The Bertz CT molecular complexity index is 572. The number of nitrogens with zero attached hydrogens (tertiary/aromatic N) is 2. The fraction of sp³-hybridized carbons (Fsp3) is 0.333. The van der Waals surface area contributed by atoms with E-state index < -0.39 is 0 Å². The number of nitrogens with one attached hydrogen (secondary N) is 2. The highest BCUT2D eigenvalue weighted by molar-refractivity contribution is 6.31. The van der Waals surface area contributed by atoms with Crippen molar-refractivity contribution in [2.75, 3.05) is 17.2 Å². The van der Waals surface area contributed by atoms with Crippen LogP contribution in [-0.2, 0) is 13.0 Å². The van der Waals surface area contributed by atoms with Crippen LogP contribution in [0.2, 0.25) is 5.02 Å². The Kier molecular flexibility index (Phi) is 5.18. The maximum atomic E-state index is 6.14. The Morgan fingerprint density at radius 2 is 1.75 bits per heavy atom. The first-order chi connectivity index (χ1) is 9.72. The van der Waals surface area contributed by atoms with Crippen LogP contribution in [0, 0.1) is 0 Å². The van der Waals surface area contributed by atoms with Crippen LogP contribution in [0.15, 0.2) is 30.3 Å². The normalized spacial score (nSPS) is 10.3. The summed E-state index contributed by atoms with van der Waals surface area (Å²) in [5, 5.41) is 7.28. The summed E-state index contributed by atoms with van der Waals surface area (Å²) in [4.78, 5) is 8.90. The third-order valence-corrected chi connectivity index (χ3v) is 3.23. The number of halogens is 1. The van der Waals surface area contributed by atoms with Crippen LogP contribution in [0.5, 0.6) is 0 Å². The zero-order valence-electron chi connectivity index (χ0n) is 11.8. The smallest absolute Gasteiger partial charge is 0.132 e. The number of hydrogen-bond donors (Lipinski definition) is 2. The van der Waals surface area contributed by atoms with Crippen molar-refractivity contribution in [1.82, 2.24) is 9.97 Å². The SMILES string of the molecule is CCNc1cc(NCc2ccccc2Cl)nc(CC)n1. The zero-order valence-corrected chi connectivity index (χ0v) is 12.5. The van der Waals surface area contributed by atoms with Gasteiger partial charge in [0.1, 0.15) is 17.5 Å². The van der Waals surface area contributed by atoms with Crippen LogP contribution in [-0.4, -0.2) is 16.5 Å². The molecule has 0 fully saturated rings. The van der Waals surface area contributed by atoms with E-state index in [0.29, 0.717) is 6.54 Å². The minimum Gasteiger partial charge on any atom is -0.370 e. The van der Waals surface area contributed by atoms with Gasteiger partial charge in [0, 0.05) is 30.6 Å². The van der Waals surface area contributed by atoms with Crippen molar-refractivity contribution >= 4 is 23.2 Å². The molecule has 2 rings (SSSR count). The molecule has 2 N–H and O–H groups in total. The summed E-state index contributed by atoms with van der Waals surface area (Å²) in [5.74, 6) is 2.49. The van der Waals surface area contributed by atoms with E-state index in [2.05, 4.69) is 20.6 Å². The highest BCUT2D eigenvalue weighted by Gasteiger charge is 2.04. The molecule has 0 amide bonds. The Morgan fingerprint density at radius 1 is 1.05 bits per heavy atom. The van der Waals surface area contributed by atoms with Gasteiger partial charge in [-0.3, -0.25) is 0 Å². The van der Waals surface area contributed by atoms with Crippen LogP contribution >= 0.6 is 11.6 Å². The lowest BCUT2D eigenvalue weighted by Gasteiger charge is -2.10. The fourth-order valence-electron chi connectivity index (χ4n) is 1.85. The molecule has 0 spiro atoms. The van der Waals surface area contributed by atoms with E-state index in [9.17, 15) is 0 Å². The van der Waals surface area contributed by atoms with Crippen LogP contribution in [0.3, 0.4) is 0 Å². The summed E-state index contributed by atoms with van der Waals surface area (Å²) < 4.78 is 0. The summed E-state index contributed by atoms with van der Waals surface area (Å²) in [6.07, 6.45) is 0.806. The molecule has 1 aromatic carbocycles. The Labute approximate surface area is 124 Å². The van der Waals surface area contributed by atoms with Crippen molar-refractivity contribution in [2.24, 2.45) is 0 Å². The van der Waals surface area contributed by atoms with Gasteiger partial charge in [-0.2, -0.15) is 0 Å². The molecule has 5 heteroatoms. The van der Waals surface area contributed by atoms with Crippen LogP contribution in [0.4, 0.5) is 11.6 Å². The van der Waals surface area contributed by atoms with Gasteiger partial charge in [0.25, 0.3) is 0 Å². The first-order valence-electron chi connectivity index (χ1n) is 6.82. The predicted octanol–water partition coefficient (Wildman–Crippen LogP) is 3.74. The Hall–Kier alpha value is -1.81. The Balaban J connectivity index is 2.12. The second-order valence-corrected chi connectivity index (χ2v) is 4.79. The molecule has 106 valence electrons. The van der Waals surface area contributed by atoms with Crippen molar-refractivity contribution in [3.05, 3.63) is 46.7 Å². The van der Waals surface area contributed by atoms with Crippen molar-refractivity contribution in [2.45, 2.75) is 26.8 Å². The molecule has 1 aromatic heterocycles. The van der Waals surface area contributed by atoms with E-state index in [-0.39, 0.29) is 0 Å². The van der Waals surface area contributed by atoms with Gasteiger partial charge >= 0.3 is 0 Å². The average molecular weight is 291 g/mol.